The van der Waals surface area contributed by atoms with Crippen molar-refractivity contribution < 1.29 is 14.3 Å². The number of hydrogen-bond donors (Lipinski definition) is 1. The molecule has 2 heterocycles. The van der Waals surface area contributed by atoms with Gasteiger partial charge in [0.05, 0.1) is 12.1 Å². The molecule has 1 aromatic heterocycles. The van der Waals surface area contributed by atoms with Crippen LogP contribution in [0.25, 0.3) is 10.6 Å². The number of nitrogens with one attached hydrogen (secondary N) is 1. The Bertz CT molecular complexity index is 715. The molecule has 0 spiro atoms. The molecule has 1 aromatic carbocycles. The number of carbonyl (C=O) groups excluding carboxylic acids is 1. The lowest BCUT2D eigenvalue weighted by atomic mass is 10.2. The SMILES string of the molecule is CN(C)CCCNC(=O)Cc1csc(-c2ccc3c(c2)OCO3)n1. The third-order valence-corrected chi connectivity index (χ3v) is 4.56. The summed E-state index contributed by atoms with van der Waals surface area (Å²) in [6, 6.07) is 5.76. The summed E-state index contributed by atoms with van der Waals surface area (Å²) in [6.07, 6.45) is 1.25. The molecule has 1 amide bonds. The summed E-state index contributed by atoms with van der Waals surface area (Å²) >= 11 is 1.53. The van der Waals surface area contributed by atoms with Gasteiger partial charge in [-0.15, -0.1) is 11.3 Å². The Balaban J connectivity index is 1.55. The van der Waals surface area contributed by atoms with Crippen molar-refractivity contribution in [2.45, 2.75) is 12.8 Å². The first kappa shape index (κ1) is 16.7. The van der Waals surface area contributed by atoms with E-state index in [4.69, 9.17) is 9.47 Å². The fraction of sp³-hybridized carbons (Fsp3) is 0.412. The van der Waals surface area contributed by atoms with Gasteiger partial charge in [0.15, 0.2) is 11.5 Å². The summed E-state index contributed by atoms with van der Waals surface area (Å²) in [4.78, 5) is 18.6. The molecule has 24 heavy (non-hydrogen) atoms. The first-order valence-corrected chi connectivity index (χ1v) is 8.75. The zero-order valence-electron chi connectivity index (χ0n) is 13.9. The molecule has 0 unspecified atom stereocenters. The van der Waals surface area contributed by atoms with Crippen LogP contribution in [0.3, 0.4) is 0 Å². The maximum absolute atomic E-state index is 12.0. The van der Waals surface area contributed by atoms with Crippen LogP contribution in [0.15, 0.2) is 23.6 Å². The van der Waals surface area contributed by atoms with E-state index in [9.17, 15) is 4.79 Å². The number of carbonyl (C=O) groups is 1. The van der Waals surface area contributed by atoms with Gasteiger partial charge >= 0.3 is 0 Å². The van der Waals surface area contributed by atoms with Gasteiger partial charge in [0.2, 0.25) is 12.7 Å². The van der Waals surface area contributed by atoms with Gasteiger partial charge in [-0.2, -0.15) is 0 Å². The average molecular weight is 347 g/mol. The van der Waals surface area contributed by atoms with E-state index >= 15 is 0 Å². The molecule has 1 aliphatic heterocycles. The van der Waals surface area contributed by atoms with E-state index in [1.54, 1.807) is 0 Å². The van der Waals surface area contributed by atoms with Crippen molar-refractivity contribution in [2.75, 3.05) is 34.0 Å². The van der Waals surface area contributed by atoms with Gasteiger partial charge in [-0.3, -0.25) is 4.79 Å². The van der Waals surface area contributed by atoms with Crippen molar-refractivity contribution in [1.29, 1.82) is 0 Å². The number of fused-ring (bicyclic) bond motifs is 1. The molecule has 6 nitrogen and oxygen atoms in total. The molecule has 0 fully saturated rings. The van der Waals surface area contributed by atoms with Crippen LogP contribution in [0.4, 0.5) is 0 Å². The minimum Gasteiger partial charge on any atom is -0.454 e. The van der Waals surface area contributed by atoms with Gasteiger partial charge in [-0.25, -0.2) is 4.98 Å². The van der Waals surface area contributed by atoms with E-state index in [0.29, 0.717) is 13.0 Å². The second-order valence-electron chi connectivity index (χ2n) is 5.90. The van der Waals surface area contributed by atoms with E-state index < -0.39 is 0 Å². The van der Waals surface area contributed by atoms with Gasteiger partial charge in [0.25, 0.3) is 0 Å². The van der Waals surface area contributed by atoms with Crippen LogP contribution in [0.2, 0.25) is 0 Å². The molecule has 7 heteroatoms. The van der Waals surface area contributed by atoms with Crippen molar-refractivity contribution in [1.82, 2.24) is 15.2 Å². The summed E-state index contributed by atoms with van der Waals surface area (Å²) < 4.78 is 10.7. The summed E-state index contributed by atoms with van der Waals surface area (Å²) in [7, 11) is 4.05. The summed E-state index contributed by atoms with van der Waals surface area (Å²) in [5.41, 5.74) is 1.76. The first-order valence-electron chi connectivity index (χ1n) is 7.87. The highest BCUT2D eigenvalue weighted by Crippen LogP contribution is 2.36. The molecule has 3 rings (SSSR count). The summed E-state index contributed by atoms with van der Waals surface area (Å²) in [5, 5.41) is 5.74. The smallest absolute Gasteiger partial charge is 0.231 e. The summed E-state index contributed by atoms with van der Waals surface area (Å²) in [6.45, 7) is 1.91. The average Bonchev–Trinajstić information content (AvgIpc) is 3.19. The standard InChI is InChI=1S/C17H21N3O3S/c1-20(2)7-3-6-18-16(21)9-13-10-24-17(19-13)12-4-5-14-15(8-12)23-11-22-14/h4-5,8,10H,3,6-7,9,11H2,1-2H3,(H,18,21). The van der Waals surface area contributed by atoms with Gasteiger partial charge in [-0.1, -0.05) is 0 Å². The third-order valence-electron chi connectivity index (χ3n) is 3.62. The molecule has 0 radical (unpaired) electrons. The zero-order valence-corrected chi connectivity index (χ0v) is 14.7. The quantitative estimate of drug-likeness (QED) is 0.778. The van der Waals surface area contributed by atoms with Crippen molar-refractivity contribution >= 4 is 17.2 Å². The van der Waals surface area contributed by atoms with Gasteiger partial charge < -0.3 is 19.7 Å². The number of thiazole rings is 1. The minimum absolute atomic E-state index is 0.0105. The fourth-order valence-electron chi connectivity index (χ4n) is 2.40. The van der Waals surface area contributed by atoms with Crippen molar-refractivity contribution in [3.8, 4) is 22.1 Å². The number of benzene rings is 1. The third kappa shape index (κ3) is 4.24. The lowest BCUT2D eigenvalue weighted by Gasteiger charge is -2.09. The topological polar surface area (TPSA) is 63.7 Å². The Labute approximate surface area is 145 Å². The van der Waals surface area contributed by atoms with Crippen molar-refractivity contribution in [3.05, 3.63) is 29.3 Å². The number of nitrogens with zero attached hydrogens (tertiary/aromatic N) is 2. The molecule has 0 saturated heterocycles. The number of hydrogen-bond acceptors (Lipinski definition) is 6. The largest absolute Gasteiger partial charge is 0.454 e. The van der Waals surface area contributed by atoms with Crippen molar-refractivity contribution in [2.24, 2.45) is 0 Å². The number of rotatable bonds is 7. The van der Waals surface area contributed by atoms with E-state index in [0.717, 1.165) is 40.7 Å². The predicted molar refractivity (Wildman–Crippen MR) is 93.6 cm³/mol. The van der Waals surface area contributed by atoms with Crippen LogP contribution in [0, 0.1) is 0 Å². The van der Waals surface area contributed by atoms with Crippen LogP contribution in [0.1, 0.15) is 12.1 Å². The highest BCUT2D eigenvalue weighted by molar-refractivity contribution is 7.13. The lowest BCUT2D eigenvalue weighted by Crippen LogP contribution is -2.28. The normalized spacial score (nSPS) is 12.6. The molecule has 1 N–H and O–H groups in total. The Morgan fingerprint density at radius 3 is 3.00 bits per heavy atom. The molecule has 0 saturated carbocycles. The Kier molecular flexibility index (Phi) is 5.32. The Morgan fingerprint density at radius 2 is 2.17 bits per heavy atom. The highest BCUT2D eigenvalue weighted by atomic mass is 32.1. The molecular weight excluding hydrogens is 326 g/mol. The van der Waals surface area contributed by atoms with E-state index in [1.165, 1.54) is 11.3 Å². The Hall–Kier alpha value is -2.12. The monoisotopic (exact) mass is 347 g/mol. The molecule has 1 aliphatic rings. The molecule has 0 aliphatic carbocycles. The second-order valence-corrected chi connectivity index (χ2v) is 6.75. The van der Waals surface area contributed by atoms with Gasteiger partial charge in [0.1, 0.15) is 5.01 Å². The second kappa shape index (κ2) is 7.63. The predicted octanol–water partition coefficient (Wildman–Crippen LogP) is 2.15. The molecule has 2 aromatic rings. The fourth-order valence-corrected chi connectivity index (χ4v) is 3.22. The van der Waals surface area contributed by atoms with E-state index in [1.807, 2.05) is 37.7 Å². The van der Waals surface area contributed by atoms with E-state index in [2.05, 4.69) is 15.2 Å². The molecular formula is C17H21N3O3S. The summed E-state index contributed by atoms with van der Waals surface area (Å²) in [5.74, 6) is 1.51. The van der Waals surface area contributed by atoms with Crippen LogP contribution < -0.4 is 14.8 Å². The molecule has 128 valence electrons. The first-order chi connectivity index (χ1) is 11.6. The maximum atomic E-state index is 12.0. The highest BCUT2D eigenvalue weighted by Gasteiger charge is 2.15. The zero-order chi connectivity index (χ0) is 16.9. The van der Waals surface area contributed by atoms with Crippen LogP contribution in [-0.4, -0.2) is 49.8 Å². The van der Waals surface area contributed by atoms with Crippen LogP contribution in [-0.2, 0) is 11.2 Å². The maximum Gasteiger partial charge on any atom is 0.231 e. The van der Waals surface area contributed by atoms with Crippen LogP contribution >= 0.6 is 11.3 Å². The van der Waals surface area contributed by atoms with Gasteiger partial charge in [0, 0.05) is 17.5 Å². The van der Waals surface area contributed by atoms with Crippen LogP contribution in [0.5, 0.6) is 11.5 Å². The Morgan fingerprint density at radius 1 is 1.33 bits per heavy atom. The molecule has 0 atom stereocenters. The number of aromatic nitrogens is 1. The van der Waals surface area contributed by atoms with E-state index in [-0.39, 0.29) is 12.7 Å². The number of ether oxygens (including phenoxy) is 2. The molecule has 0 bridgehead atoms. The minimum atomic E-state index is 0.0105. The van der Waals surface area contributed by atoms with Crippen molar-refractivity contribution in [3.63, 3.8) is 0 Å². The lowest BCUT2D eigenvalue weighted by molar-refractivity contribution is -0.120. The van der Waals surface area contributed by atoms with Gasteiger partial charge in [-0.05, 0) is 45.3 Å². The number of amides is 1.